The van der Waals surface area contributed by atoms with Gasteiger partial charge in [-0.25, -0.2) is 0 Å². The summed E-state index contributed by atoms with van der Waals surface area (Å²) in [6.07, 6.45) is 0.209. The van der Waals surface area contributed by atoms with Gasteiger partial charge in [-0.2, -0.15) is 13.2 Å². The fourth-order valence-electron chi connectivity index (χ4n) is 2.69. The Balaban J connectivity index is 2.49. The molecule has 0 spiro atoms. The number of hydrogen-bond acceptors (Lipinski definition) is 4. The normalized spacial score (nSPS) is 17.6. The summed E-state index contributed by atoms with van der Waals surface area (Å²) < 4.78 is 46.0. The van der Waals surface area contributed by atoms with E-state index in [1.54, 1.807) is 0 Å². The molecule has 1 aliphatic carbocycles. The van der Waals surface area contributed by atoms with Crippen molar-refractivity contribution in [3.05, 3.63) is 0 Å². The molecule has 0 aromatic heterocycles. The van der Waals surface area contributed by atoms with Crippen molar-refractivity contribution in [1.82, 2.24) is 0 Å². The third-order valence-electron chi connectivity index (χ3n) is 4.67. The Morgan fingerprint density at radius 3 is 2.21 bits per heavy atom. The van der Waals surface area contributed by atoms with Gasteiger partial charge in [0.1, 0.15) is 5.60 Å². The van der Waals surface area contributed by atoms with Gasteiger partial charge in [0.2, 0.25) is 0 Å². The van der Waals surface area contributed by atoms with Crippen LogP contribution in [0.15, 0.2) is 0 Å². The Morgan fingerprint density at radius 1 is 1.12 bits per heavy atom. The monoisotopic (exact) mass is 352 g/mol. The molecule has 0 aliphatic heterocycles. The quantitative estimate of drug-likeness (QED) is 0.601. The van der Waals surface area contributed by atoms with E-state index in [0.717, 1.165) is 25.7 Å². The highest BCUT2D eigenvalue weighted by Crippen LogP contribution is 2.39. The van der Waals surface area contributed by atoms with Crippen LogP contribution < -0.4 is 0 Å². The molecule has 0 heterocycles. The highest BCUT2D eigenvalue weighted by atomic mass is 19.4. The number of ether oxygens (including phenoxy) is 2. The number of alkyl halides is 3. The number of hydrogen-bond donors (Lipinski definition) is 0. The van der Waals surface area contributed by atoms with Crippen LogP contribution in [-0.2, 0) is 19.1 Å². The number of halogens is 3. The van der Waals surface area contributed by atoms with Gasteiger partial charge in [0.25, 0.3) is 0 Å². The van der Waals surface area contributed by atoms with E-state index in [9.17, 15) is 22.8 Å². The molecule has 1 aliphatic rings. The molecule has 7 heteroatoms. The molecule has 0 bridgehead atoms. The summed E-state index contributed by atoms with van der Waals surface area (Å²) >= 11 is 0. The van der Waals surface area contributed by atoms with E-state index in [1.807, 2.05) is 20.8 Å². The van der Waals surface area contributed by atoms with Gasteiger partial charge in [-0.15, -0.1) is 0 Å². The van der Waals surface area contributed by atoms with E-state index in [-0.39, 0.29) is 12.4 Å². The summed E-state index contributed by atoms with van der Waals surface area (Å²) in [7, 11) is 0. The summed E-state index contributed by atoms with van der Waals surface area (Å²) in [4.78, 5) is 23.7. The van der Waals surface area contributed by atoms with Crippen LogP contribution in [0.5, 0.6) is 0 Å². The third kappa shape index (κ3) is 6.69. The van der Waals surface area contributed by atoms with Gasteiger partial charge in [0.05, 0.1) is 5.41 Å². The average molecular weight is 352 g/mol. The van der Waals surface area contributed by atoms with Crippen LogP contribution in [0.3, 0.4) is 0 Å². The summed E-state index contributed by atoms with van der Waals surface area (Å²) in [5, 5.41) is 0. The Kier molecular flexibility index (Phi) is 7.10. The average Bonchev–Trinajstić information content (AvgIpc) is 2.93. The van der Waals surface area contributed by atoms with E-state index >= 15 is 0 Å². The lowest BCUT2D eigenvalue weighted by atomic mass is 9.89. The molecular formula is C17H27F3O4. The number of rotatable bonds is 8. The summed E-state index contributed by atoms with van der Waals surface area (Å²) in [5.41, 5.74) is -1.16. The second-order valence-electron chi connectivity index (χ2n) is 7.15. The van der Waals surface area contributed by atoms with Gasteiger partial charge in [-0.1, -0.05) is 6.92 Å². The van der Waals surface area contributed by atoms with Gasteiger partial charge in [0.15, 0.2) is 6.61 Å². The molecule has 0 aromatic rings. The van der Waals surface area contributed by atoms with Crippen molar-refractivity contribution in [2.24, 2.45) is 5.41 Å². The van der Waals surface area contributed by atoms with Crippen molar-refractivity contribution in [1.29, 1.82) is 0 Å². The minimum Gasteiger partial charge on any atom is -0.459 e. The lowest BCUT2D eigenvalue weighted by Crippen LogP contribution is -2.38. The molecule has 0 radical (unpaired) electrons. The number of esters is 2. The maximum absolute atomic E-state index is 12.3. The molecule has 0 unspecified atom stereocenters. The molecule has 1 saturated carbocycles. The van der Waals surface area contributed by atoms with Crippen LogP contribution >= 0.6 is 0 Å². The van der Waals surface area contributed by atoms with Crippen molar-refractivity contribution in [2.45, 2.75) is 83.9 Å². The maximum Gasteiger partial charge on any atom is 0.422 e. The highest BCUT2D eigenvalue weighted by Gasteiger charge is 2.40. The molecule has 140 valence electrons. The molecule has 4 nitrogen and oxygen atoms in total. The van der Waals surface area contributed by atoms with Crippen LogP contribution in [0.2, 0.25) is 0 Å². The van der Waals surface area contributed by atoms with Crippen LogP contribution in [0.4, 0.5) is 13.2 Å². The highest BCUT2D eigenvalue weighted by molar-refractivity contribution is 5.76. The summed E-state index contributed by atoms with van der Waals surface area (Å²) in [6.45, 7) is 4.01. The van der Waals surface area contributed by atoms with Crippen LogP contribution in [-0.4, -0.2) is 30.3 Å². The first-order valence-corrected chi connectivity index (χ1v) is 8.45. The molecule has 1 rings (SSSR count). The second kappa shape index (κ2) is 8.21. The third-order valence-corrected chi connectivity index (χ3v) is 4.67. The Morgan fingerprint density at radius 2 is 1.71 bits per heavy atom. The first kappa shape index (κ1) is 20.8. The molecule has 0 aromatic carbocycles. The maximum atomic E-state index is 12.3. The van der Waals surface area contributed by atoms with E-state index < -0.39 is 29.8 Å². The van der Waals surface area contributed by atoms with Gasteiger partial charge in [-0.05, 0) is 58.8 Å². The number of carbonyl (C=O) groups is 2. The number of carbonyl (C=O) groups excluding carboxylic acids is 2. The predicted octanol–water partition coefficient (Wildman–Crippen LogP) is 4.55. The van der Waals surface area contributed by atoms with Crippen molar-refractivity contribution in [3.63, 3.8) is 0 Å². The fraction of sp³-hybridized carbons (Fsp3) is 0.882. The molecule has 0 N–H and O–H groups in total. The smallest absolute Gasteiger partial charge is 0.422 e. The van der Waals surface area contributed by atoms with Gasteiger partial charge in [-0.3, -0.25) is 9.59 Å². The van der Waals surface area contributed by atoms with E-state index in [2.05, 4.69) is 4.74 Å². The SMILES string of the molecule is CCC(C)(C)C(=O)OC1(CCCC(=O)OCC(F)(F)F)CCCC1. The van der Waals surface area contributed by atoms with E-state index in [4.69, 9.17) is 4.74 Å². The fourth-order valence-corrected chi connectivity index (χ4v) is 2.69. The molecular weight excluding hydrogens is 325 g/mol. The predicted molar refractivity (Wildman–Crippen MR) is 82.2 cm³/mol. The molecule has 0 atom stereocenters. The zero-order valence-corrected chi connectivity index (χ0v) is 14.6. The molecule has 24 heavy (non-hydrogen) atoms. The minimum atomic E-state index is -4.51. The topological polar surface area (TPSA) is 52.6 Å². The van der Waals surface area contributed by atoms with Crippen molar-refractivity contribution >= 4 is 11.9 Å². The molecule has 0 saturated heterocycles. The first-order valence-electron chi connectivity index (χ1n) is 8.45. The van der Waals surface area contributed by atoms with Crippen LogP contribution in [0.1, 0.15) is 72.1 Å². The Bertz CT molecular complexity index is 438. The summed E-state index contributed by atoms with van der Waals surface area (Å²) in [5.74, 6) is -1.13. The van der Waals surface area contributed by atoms with Crippen molar-refractivity contribution in [2.75, 3.05) is 6.61 Å². The van der Waals surface area contributed by atoms with Crippen LogP contribution in [0.25, 0.3) is 0 Å². The van der Waals surface area contributed by atoms with Gasteiger partial charge >= 0.3 is 18.1 Å². The second-order valence-corrected chi connectivity index (χ2v) is 7.15. The largest absolute Gasteiger partial charge is 0.459 e. The van der Waals surface area contributed by atoms with Gasteiger partial charge in [0, 0.05) is 6.42 Å². The zero-order valence-electron chi connectivity index (χ0n) is 14.6. The van der Waals surface area contributed by atoms with Crippen molar-refractivity contribution < 1.29 is 32.2 Å². The van der Waals surface area contributed by atoms with E-state index in [1.165, 1.54) is 0 Å². The van der Waals surface area contributed by atoms with Crippen LogP contribution in [0, 0.1) is 5.41 Å². The Labute approximate surface area is 141 Å². The first-order chi connectivity index (χ1) is 11.0. The lowest BCUT2D eigenvalue weighted by molar-refractivity contribution is -0.186. The van der Waals surface area contributed by atoms with Gasteiger partial charge < -0.3 is 9.47 Å². The Hall–Kier alpha value is -1.27. The van der Waals surface area contributed by atoms with Crippen molar-refractivity contribution in [3.8, 4) is 0 Å². The summed E-state index contributed by atoms with van der Waals surface area (Å²) in [6, 6.07) is 0. The minimum absolute atomic E-state index is 0.105. The lowest BCUT2D eigenvalue weighted by Gasteiger charge is -2.33. The molecule has 0 amide bonds. The van der Waals surface area contributed by atoms with E-state index in [0.29, 0.717) is 19.3 Å². The zero-order chi connectivity index (χ0) is 18.4. The molecule has 1 fully saturated rings. The standard InChI is InChI=1S/C17H27F3O4/c1-4-15(2,3)14(22)24-16(9-5-6-10-16)11-7-8-13(21)23-12-17(18,19)20/h4-12H2,1-3H3.